The SMILES string of the molecule is CC1Cc2ccccc2C(c2ccc(-c3ccc4c(c3)-c3ccccc3C3C=CC=CC43C)cc2)=C1c1cccc(C2=NC(c3ccccc3)NC(c3cccc(-c4ccccc4)c3)=N2)c1. The van der Waals surface area contributed by atoms with E-state index in [4.69, 9.17) is 9.98 Å². The van der Waals surface area contributed by atoms with Crippen LogP contribution in [0.15, 0.2) is 234 Å². The van der Waals surface area contributed by atoms with Gasteiger partial charge in [-0.15, -0.1) is 0 Å². The Morgan fingerprint density at radius 3 is 1.97 bits per heavy atom. The third-order valence-electron chi connectivity index (χ3n) is 14.3. The lowest BCUT2D eigenvalue weighted by atomic mass is 9.60. The monoisotopic (exact) mass is 847 g/mol. The molecule has 4 atom stereocenters. The van der Waals surface area contributed by atoms with Crippen molar-refractivity contribution >= 4 is 22.8 Å². The van der Waals surface area contributed by atoms with Crippen LogP contribution < -0.4 is 5.32 Å². The number of nitrogens with zero attached hydrogens (tertiary/aromatic N) is 2. The molecule has 66 heavy (non-hydrogen) atoms. The average Bonchev–Trinajstić information content (AvgIpc) is 3.38. The third-order valence-corrected chi connectivity index (χ3v) is 14.3. The number of allylic oxidation sites excluding steroid dienone is 5. The highest BCUT2D eigenvalue weighted by molar-refractivity contribution is 6.14. The Balaban J connectivity index is 0.944. The van der Waals surface area contributed by atoms with E-state index in [0.29, 0.717) is 11.8 Å². The van der Waals surface area contributed by atoms with E-state index in [1.807, 2.05) is 0 Å². The van der Waals surface area contributed by atoms with E-state index >= 15 is 0 Å². The zero-order chi connectivity index (χ0) is 44.2. The molecule has 0 bridgehead atoms. The Morgan fingerprint density at radius 1 is 0.515 bits per heavy atom. The molecule has 0 spiro atoms. The summed E-state index contributed by atoms with van der Waals surface area (Å²) in [7, 11) is 0. The summed E-state index contributed by atoms with van der Waals surface area (Å²) < 4.78 is 0. The first-order valence-corrected chi connectivity index (χ1v) is 23.3. The van der Waals surface area contributed by atoms with Crippen LogP contribution in [0.2, 0.25) is 0 Å². The van der Waals surface area contributed by atoms with Gasteiger partial charge in [0.05, 0.1) is 0 Å². The molecule has 0 fully saturated rings. The van der Waals surface area contributed by atoms with Crippen molar-refractivity contribution < 1.29 is 0 Å². The fraction of sp³-hybridized carbons (Fsp3) is 0.111. The summed E-state index contributed by atoms with van der Waals surface area (Å²) in [4.78, 5) is 10.6. The van der Waals surface area contributed by atoms with Crippen LogP contribution in [-0.4, -0.2) is 11.7 Å². The van der Waals surface area contributed by atoms with Crippen molar-refractivity contribution in [1.82, 2.24) is 5.32 Å². The van der Waals surface area contributed by atoms with Crippen LogP contribution in [0.3, 0.4) is 0 Å². The molecule has 1 aliphatic heterocycles. The second-order valence-electron chi connectivity index (χ2n) is 18.4. The lowest BCUT2D eigenvalue weighted by Gasteiger charge is -2.42. The predicted molar refractivity (Wildman–Crippen MR) is 275 cm³/mol. The van der Waals surface area contributed by atoms with Crippen LogP contribution in [0.4, 0.5) is 0 Å². The van der Waals surface area contributed by atoms with Crippen molar-refractivity contribution in [2.24, 2.45) is 15.9 Å². The van der Waals surface area contributed by atoms with E-state index in [2.05, 4.69) is 244 Å². The lowest BCUT2D eigenvalue weighted by molar-refractivity contribution is 0.519. The second-order valence-corrected chi connectivity index (χ2v) is 18.4. The highest BCUT2D eigenvalue weighted by atomic mass is 15.2. The summed E-state index contributed by atoms with van der Waals surface area (Å²) in [5, 5.41) is 3.69. The maximum Gasteiger partial charge on any atom is 0.159 e. The molecule has 3 heteroatoms. The smallest absolute Gasteiger partial charge is 0.159 e. The number of hydrogen-bond donors (Lipinski definition) is 1. The molecule has 4 aliphatic rings. The molecule has 12 rings (SSSR count). The maximum absolute atomic E-state index is 5.29. The third kappa shape index (κ3) is 6.91. The molecule has 3 nitrogen and oxygen atoms in total. The molecule has 0 aromatic heterocycles. The fourth-order valence-electron chi connectivity index (χ4n) is 11.0. The van der Waals surface area contributed by atoms with Gasteiger partial charge in [-0.2, -0.15) is 0 Å². The molecule has 0 radical (unpaired) electrons. The Kier molecular flexibility index (Phi) is 9.79. The normalized spacial score (nSPS) is 20.2. The number of rotatable bonds is 7. The minimum atomic E-state index is -0.294. The first kappa shape index (κ1) is 39.7. The van der Waals surface area contributed by atoms with Crippen molar-refractivity contribution in [3.63, 3.8) is 0 Å². The lowest BCUT2D eigenvalue weighted by Crippen LogP contribution is -2.33. The minimum absolute atomic E-state index is 0.0841. The van der Waals surface area contributed by atoms with Gasteiger partial charge in [0.25, 0.3) is 0 Å². The second kappa shape index (κ2) is 16.3. The first-order valence-electron chi connectivity index (χ1n) is 23.3. The van der Waals surface area contributed by atoms with Crippen LogP contribution in [0.5, 0.6) is 0 Å². The van der Waals surface area contributed by atoms with Gasteiger partial charge in [0.15, 0.2) is 5.84 Å². The van der Waals surface area contributed by atoms with Gasteiger partial charge in [-0.25, -0.2) is 9.98 Å². The van der Waals surface area contributed by atoms with Crippen LogP contribution in [0, 0.1) is 5.92 Å². The highest BCUT2D eigenvalue weighted by Gasteiger charge is 2.41. The van der Waals surface area contributed by atoms with Crippen molar-refractivity contribution in [3.05, 3.63) is 275 Å². The Morgan fingerprint density at radius 2 is 1.14 bits per heavy atom. The van der Waals surface area contributed by atoms with Gasteiger partial charge in [0.1, 0.15) is 12.0 Å². The summed E-state index contributed by atoms with van der Waals surface area (Å²) in [5.41, 5.74) is 21.0. The quantitative estimate of drug-likeness (QED) is 0.170. The van der Waals surface area contributed by atoms with E-state index in [1.54, 1.807) is 0 Å². The van der Waals surface area contributed by atoms with Gasteiger partial charge in [0, 0.05) is 22.5 Å². The van der Waals surface area contributed by atoms with Gasteiger partial charge in [0.2, 0.25) is 0 Å². The number of benzene rings is 8. The van der Waals surface area contributed by atoms with Gasteiger partial charge in [-0.1, -0.05) is 220 Å². The molecule has 1 heterocycles. The van der Waals surface area contributed by atoms with Gasteiger partial charge in [-0.3, -0.25) is 0 Å². The molecule has 0 amide bonds. The molecular weight excluding hydrogens is 799 g/mol. The number of fused-ring (bicyclic) bond motifs is 7. The van der Waals surface area contributed by atoms with Crippen molar-refractivity contribution in [2.75, 3.05) is 0 Å². The zero-order valence-electron chi connectivity index (χ0n) is 37.2. The Hall–Kier alpha value is -7.88. The molecule has 0 saturated carbocycles. The van der Waals surface area contributed by atoms with Crippen LogP contribution in [-0.2, 0) is 11.8 Å². The number of nitrogens with one attached hydrogen (secondary N) is 1. The van der Waals surface area contributed by atoms with Crippen LogP contribution >= 0.6 is 0 Å². The molecule has 316 valence electrons. The summed E-state index contributed by atoms with van der Waals surface area (Å²) in [6, 6.07) is 72.9. The van der Waals surface area contributed by atoms with Gasteiger partial charge in [-0.05, 0) is 114 Å². The van der Waals surface area contributed by atoms with Crippen molar-refractivity contribution in [3.8, 4) is 33.4 Å². The van der Waals surface area contributed by atoms with E-state index in [0.717, 1.165) is 34.5 Å². The van der Waals surface area contributed by atoms with Crippen LogP contribution in [0.1, 0.15) is 76.0 Å². The highest BCUT2D eigenvalue weighted by Crippen LogP contribution is 2.54. The molecular formula is C63H49N3. The van der Waals surface area contributed by atoms with Gasteiger partial charge < -0.3 is 5.32 Å². The Bertz CT molecular complexity index is 3330. The molecule has 8 aromatic rings. The largest absolute Gasteiger partial charge is 0.344 e. The number of amidine groups is 2. The summed E-state index contributed by atoms with van der Waals surface area (Å²) in [5.74, 6) is 2.13. The van der Waals surface area contributed by atoms with Crippen molar-refractivity contribution in [2.45, 2.75) is 37.8 Å². The van der Waals surface area contributed by atoms with E-state index in [-0.39, 0.29) is 17.5 Å². The average molecular weight is 848 g/mol. The summed E-state index contributed by atoms with van der Waals surface area (Å²) >= 11 is 0. The standard InChI is InChI=1S/C63H49N3/c1-41-37-48-21-9-10-26-52(48)59(44-32-30-43(31-33-44)47-34-35-57-55(40-47)53-27-11-12-28-54(53)56-29-13-14-36-63(56,57)2)58(41)49-23-16-25-51(39-49)62-65-60(45-19-7-4-8-20-45)64-61(66-62)50-24-15-22-46(38-50)42-17-5-3-6-18-42/h3-36,38-41,56,60H,37H2,1-2H3,(H,64,65,66). The van der Waals surface area contributed by atoms with E-state index in [9.17, 15) is 0 Å². The fourth-order valence-corrected chi connectivity index (χ4v) is 11.0. The van der Waals surface area contributed by atoms with Gasteiger partial charge >= 0.3 is 0 Å². The maximum atomic E-state index is 5.29. The zero-order valence-corrected chi connectivity index (χ0v) is 37.2. The molecule has 3 aliphatic carbocycles. The van der Waals surface area contributed by atoms with Crippen molar-refractivity contribution in [1.29, 1.82) is 0 Å². The molecule has 8 aromatic carbocycles. The summed E-state index contributed by atoms with van der Waals surface area (Å²) in [6.07, 6.45) is 9.86. The molecule has 1 N–H and O–H groups in total. The molecule has 4 unspecified atom stereocenters. The summed E-state index contributed by atoms with van der Waals surface area (Å²) in [6.45, 7) is 4.77. The molecule has 0 saturated heterocycles. The number of aliphatic imine (C=N–C) groups is 2. The predicted octanol–water partition coefficient (Wildman–Crippen LogP) is 14.8. The first-order chi connectivity index (χ1) is 32.5. The van der Waals surface area contributed by atoms with E-state index in [1.165, 1.54) is 72.3 Å². The van der Waals surface area contributed by atoms with Crippen LogP contribution in [0.25, 0.3) is 44.5 Å². The minimum Gasteiger partial charge on any atom is -0.344 e. The van der Waals surface area contributed by atoms with E-state index < -0.39 is 0 Å². The Labute approximate surface area is 388 Å². The topological polar surface area (TPSA) is 36.8 Å². The number of hydrogen-bond acceptors (Lipinski definition) is 3.